The molecule has 2 rings (SSSR count). The normalized spacial score (nSPS) is 12.1. The molecule has 1 atom stereocenters. The van der Waals surface area contributed by atoms with E-state index in [0.717, 1.165) is 35.6 Å². The van der Waals surface area contributed by atoms with Gasteiger partial charge in [-0.2, -0.15) is 0 Å². The maximum absolute atomic E-state index is 6.08. The Morgan fingerprint density at radius 3 is 2.62 bits per heavy atom. The molecule has 2 aromatic carbocycles. The van der Waals surface area contributed by atoms with Crippen molar-refractivity contribution in [2.24, 2.45) is 5.73 Å². The van der Waals surface area contributed by atoms with Gasteiger partial charge in [0.05, 0.1) is 6.61 Å². The summed E-state index contributed by atoms with van der Waals surface area (Å²) in [5.74, 6) is 0.888. The second-order valence-corrected chi connectivity index (χ2v) is 5.64. The fourth-order valence-corrected chi connectivity index (χ4v) is 2.39. The van der Waals surface area contributed by atoms with Crippen LogP contribution in [0.5, 0.6) is 5.75 Å². The van der Waals surface area contributed by atoms with E-state index in [2.05, 4.69) is 19.1 Å². The Labute approximate surface area is 131 Å². The monoisotopic (exact) mass is 303 g/mol. The van der Waals surface area contributed by atoms with Crippen molar-refractivity contribution in [2.75, 3.05) is 6.61 Å². The fraction of sp³-hybridized carbons (Fsp3) is 0.333. The minimum Gasteiger partial charge on any atom is -0.493 e. The molecule has 0 bridgehead atoms. The van der Waals surface area contributed by atoms with Crippen LogP contribution in [0.1, 0.15) is 24.5 Å². The average Bonchev–Trinajstić information content (AvgIpc) is 2.50. The van der Waals surface area contributed by atoms with E-state index in [1.807, 2.05) is 36.4 Å². The molecule has 0 fully saturated rings. The SMILES string of the molecule is CCC(N)Cc1cc(Cl)ccc1OCCc1ccccc1. The fourth-order valence-electron chi connectivity index (χ4n) is 2.20. The molecular weight excluding hydrogens is 282 g/mol. The zero-order valence-electron chi connectivity index (χ0n) is 12.4. The van der Waals surface area contributed by atoms with Crippen LogP contribution in [0.2, 0.25) is 5.02 Å². The lowest BCUT2D eigenvalue weighted by Crippen LogP contribution is -2.21. The van der Waals surface area contributed by atoms with E-state index in [1.165, 1.54) is 5.56 Å². The van der Waals surface area contributed by atoms with Gasteiger partial charge < -0.3 is 10.5 Å². The summed E-state index contributed by atoms with van der Waals surface area (Å²) in [7, 11) is 0. The molecule has 0 heterocycles. The molecule has 0 aliphatic heterocycles. The highest BCUT2D eigenvalue weighted by molar-refractivity contribution is 6.30. The molecule has 0 amide bonds. The van der Waals surface area contributed by atoms with Crippen molar-refractivity contribution in [1.82, 2.24) is 0 Å². The molecule has 21 heavy (non-hydrogen) atoms. The highest BCUT2D eigenvalue weighted by Crippen LogP contribution is 2.24. The molecule has 0 radical (unpaired) electrons. The average molecular weight is 304 g/mol. The molecule has 1 unspecified atom stereocenters. The first-order valence-corrected chi connectivity index (χ1v) is 7.77. The number of benzene rings is 2. The summed E-state index contributed by atoms with van der Waals surface area (Å²) >= 11 is 6.08. The minimum absolute atomic E-state index is 0.139. The second-order valence-electron chi connectivity index (χ2n) is 5.21. The van der Waals surface area contributed by atoms with Gasteiger partial charge in [-0.15, -0.1) is 0 Å². The summed E-state index contributed by atoms with van der Waals surface area (Å²) in [5.41, 5.74) is 8.41. The molecule has 0 spiro atoms. The van der Waals surface area contributed by atoms with Gasteiger partial charge in [0.2, 0.25) is 0 Å². The van der Waals surface area contributed by atoms with Crippen molar-refractivity contribution in [1.29, 1.82) is 0 Å². The Balaban J connectivity index is 1.98. The maximum Gasteiger partial charge on any atom is 0.122 e. The summed E-state index contributed by atoms with van der Waals surface area (Å²) in [6, 6.07) is 16.2. The predicted octanol–water partition coefficient (Wildman–Crippen LogP) is 4.24. The van der Waals surface area contributed by atoms with Crippen LogP contribution in [0.4, 0.5) is 0 Å². The second kappa shape index (κ2) is 8.06. The van der Waals surface area contributed by atoms with Gasteiger partial charge in [0.15, 0.2) is 0 Å². The lowest BCUT2D eigenvalue weighted by Gasteiger charge is -2.15. The van der Waals surface area contributed by atoms with E-state index < -0.39 is 0 Å². The van der Waals surface area contributed by atoms with Gasteiger partial charge in [-0.25, -0.2) is 0 Å². The molecule has 3 heteroatoms. The number of ether oxygens (including phenoxy) is 1. The number of hydrogen-bond donors (Lipinski definition) is 1. The summed E-state index contributed by atoms with van der Waals surface area (Å²) in [6.45, 7) is 2.74. The van der Waals surface area contributed by atoms with E-state index in [4.69, 9.17) is 22.1 Å². The molecule has 112 valence electrons. The van der Waals surface area contributed by atoms with Crippen LogP contribution in [0, 0.1) is 0 Å². The van der Waals surface area contributed by atoms with Crippen LogP contribution in [0.3, 0.4) is 0 Å². The van der Waals surface area contributed by atoms with Crippen molar-refractivity contribution >= 4 is 11.6 Å². The van der Waals surface area contributed by atoms with E-state index in [-0.39, 0.29) is 6.04 Å². The van der Waals surface area contributed by atoms with Crippen molar-refractivity contribution in [3.8, 4) is 5.75 Å². The van der Waals surface area contributed by atoms with Crippen molar-refractivity contribution in [3.63, 3.8) is 0 Å². The number of halogens is 1. The van der Waals surface area contributed by atoms with Gasteiger partial charge in [-0.1, -0.05) is 48.9 Å². The van der Waals surface area contributed by atoms with Crippen LogP contribution in [-0.2, 0) is 12.8 Å². The zero-order valence-corrected chi connectivity index (χ0v) is 13.1. The van der Waals surface area contributed by atoms with Crippen LogP contribution >= 0.6 is 11.6 Å². The summed E-state index contributed by atoms with van der Waals surface area (Å²) in [5, 5.41) is 0.726. The Kier molecular flexibility index (Phi) is 6.09. The number of hydrogen-bond acceptors (Lipinski definition) is 2. The smallest absolute Gasteiger partial charge is 0.122 e. The first-order chi connectivity index (χ1) is 10.2. The van der Waals surface area contributed by atoms with E-state index in [9.17, 15) is 0 Å². The first-order valence-electron chi connectivity index (χ1n) is 7.39. The maximum atomic E-state index is 6.08. The Morgan fingerprint density at radius 2 is 1.90 bits per heavy atom. The lowest BCUT2D eigenvalue weighted by molar-refractivity contribution is 0.317. The van der Waals surface area contributed by atoms with Crippen LogP contribution < -0.4 is 10.5 Å². The molecule has 0 saturated carbocycles. The molecule has 2 N–H and O–H groups in total. The quantitative estimate of drug-likeness (QED) is 0.830. The third-order valence-electron chi connectivity index (χ3n) is 3.52. The topological polar surface area (TPSA) is 35.2 Å². The van der Waals surface area contributed by atoms with Gasteiger partial charge in [-0.05, 0) is 42.2 Å². The third kappa shape index (κ3) is 5.07. The van der Waals surface area contributed by atoms with Gasteiger partial charge in [0, 0.05) is 17.5 Å². The first kappa shape index (κ1) is 15.9. The van der Waals surface area contributed by atoms with Crippen molar-refractivity contribution in [3.05, 3.63) is 64.7 Å². The summed E-state index contributed by atoms with van der Waals surface area (Å²) in [6.07, 6.45) is 2.62. The largest absolute Gasteiger partial charge is 0.493 e. The molecule has 0 aliphatic carbocycles. The van der Waals surface area contributed by atoms with Gasteiger partial charge in [-0.3, -0.25) is 0 Å². The number of rotatable bonds is 7. The van der Waals surface area contributed by atoms with Crippen molar-refractivity contribution in [2.45, 2.75) is 32.2 Å². The van der Waals surface area contributed by atoms with Crippen LogP contribution in [0.25, 0.3) is 0 Å². The van der Waals surface area contributed by atoms with E-state index in [0.29, 0.717) is 6.61 Å². The molecule has 2 nitrogen and oxygen atoms in total. The Hall–Kier alpha value is -1.51. The van der Waals surface area contributed by atoms with Gasteiger partial charge >= 0.3 is 0 Å². The Morgan fingerprint density at radius 1 is 1.14 bits per heavy atom. The molecule has 0 saturated heterocycles. The lowest BCUT2D eigenvalue weighted by atomic mass is 10.0. The van der Waals surface area contributed by atoms with E-state index in [1.54, 1.807) is 0 Å². The predicted molar refractivity (Wildman–Crippen MR) is 89.1 cm³/mol. The molecule has 2 aromatic rings. The van der Waals surface area contributed by atoms with E-state index >= 15 is 0 Å². The third-order valence-corrected chi connectivity index (χ3v) is 3.76. The number of nitrogens with two attached hydrogens (primary N) is 1. The standard InChI is InChI=1S/C18H22ClNO/c1-2-17(20)13-15-12-16(19)8-9-18(15)21-11-10-14-6-4-3-5-7-14/h3-9,12,17H,2,10-11,13,20H2,1H3. The van der Waals surface area contributed by atoms with Gasteiger partial charge in [0.25, 0.3) is 0 Å². The highest BCUT2D eigenvalue weighted by Gasteiger charge is 2.09. The summed E-state index contributed by atoms with van der Waals surface area (Å²) in [4.78, 5) is 0. The molecule has 0 aromatic heterocycles. The van der Waals surface area contributed by atoms with Crippen LogP contribution in [-0.4, -0.2) is 12.6 Å². The molecule has 0 aliphatic rings. The summed E-state index contributed by atoms with van der Waals surface area (Å²) < 4.78 is 5.93. The highest BCUT2D eigenvalue weighted by atomic mass is 35.5. The van der Waals surface area contributed by atoms with Crippen molar-refractivity contribution < 1.29 is 4.74 Å². The van der Waals surface area contributed by atoms with Crippen LogP contribution in [0.15, 0.2) is 48.5 Å². The zero-order chi connectivity index (χ0) is 15.1. The van der Waals surface area contributed by atoms with Gasteiger partial charge in [0.1, 0.15) is 5.75 Å². The Bertz CT molecular complexity index is 556. The molecular formula is C18H22ClNO. The minimum atomic E-state index is 0.139.